The third-order valence-corrected chi connectivity index (χ3v) is 6.90. The van der Waals surface area contributed by atoms with Gasteiger partial charge in [0.25, 0.3) is 0 Å². The Morgan fingerprint density at radius 3 is 2.56 bits per heavy atom. The van der Waals surface area contributed by atoms with E-state index in [1.165, 1.54) is 18.5 Å². The van der Waals surface area contributed by atoms with Gasteiger partial charge in [-0.1, -0.05) is 29.8 Å². The molecule has 1 saturated heterocycles. The number of anilines is 2. The second-order valence-corrected chi connectivity index (χ2v) is 8.97. The van der Waals surface area contributed by atoms with Gasteiger partial charge >= 0.3 is 0 Å². The molecule has 0 aromatic heterocycles. The molecular formula is C20H24N2O2S. The Balaban J connectivity index is 1.59. The number of sulfonamides is 1. The van der Waals surface area contributed by atoms with Gasteiger partial charge in [-0.3, -0.25) is 4.31 Å². The Morgan fingerprint density at radius 1 is 1.00 bits per heavy atom. The summed E-state index contributed by atoms with van der Waals surface area (Å²) in [4.78, 5) is 2.39. The van der Waals surface area contributed by atoms with Gasteiger partial charge in [0.15, 0.2) is 0 Å². The molecule has 0 bridgehead atoms. The summed E-state index contributed by atoms with van der Waals surface area (Å²) in [5, 5.41) is 0. The summed E-state index contributed by atoms with van der Waals surface area (Å²) in [6.45, 7) is 4.75. The first-order chi connectivity index (χ1) is 12.0. The zero-order valence-corrected chi connectivity index (χ0v) is 15.4. The monoisotopic (exact) mass is 356 g/mol. The molecule has 0 saturated carbocycles. The molecule has 0 amide bonds. The molecule has 0 radical (unpaired) electrons. The zero-order chi connectivity index (χ0) is 17.4. The maximum atomic E-state index is 12.9. The summed E-state index contributed by atoms with van der Waals surface area (Å²) in [6.07, 6.45) is 3.28. The van der Waals surface area contributed by atoms with Crippen LogP contribution in [0.5, 0.6) is 0 Å². The highest BCUT2D eigenvalue weighted by Gasteiger charge is 2.30. The van der Waals surface area contributed by atoms with E-state index in [1.54, 1.807) is 4.31 Å². The lowest BCUT2D eigenvalue weighted by Crippen LogP contribution is -2.30. The third-order valence-electron chi connectivity index (χ3n) is 5.15. The van der Waals surface area contributed by atoms with Gasteiger partial charge in [-0.25, -0.2) is 8.42 Å². The van der Waals surface area contributed by atoms with Crippen LogP contribution in [-0.4, -0.2) is 28.1 Å². The van der Waals surface area contributed by atoms with E-state index < -0.39 is 10.0 Å². The van der Waals surface area contributed by atoms with Crippen molar-refractivity contribution in [3.05, 3.63) is 59.2 Å². The highest BCUT2D eigenvalue weighted by Crippen LogP contribution is 2.35. The smallest absolute Gasteiger partial charge is 0.239 e. The summed E-state index contributed by atoms with van der Waals surface area (Å²) >= 11 is 0. The van der Waals surface area contributed by atoms with Crippen LogP contribution in [0.4, 0.5) is 11.4 Å². The topological polar surface area (TPSA) is 40.6 Å². The van der Waals surface area contributed by atoms with Gasteiger partial charge in [-0.05, 0) is 55.5 Å². The number of hydrogen-bond acceptors (Lipinski definition) is 3. The molecule has 2 aliphatic rings. The third kappa shape index (κ3) is 3.25. The van der Waals surface area contributed by atoms with Crippen LogP contribution in [0.1, 0.15) is 29.5 Å². The lowest BCUT2D eigenvalue weighted by Gasteiger charge is -2.22. The van der Waals surface area contributed by atoms with Crippen molar-refractivity contribution in [1.82, 2.24) is 0 Å². The van der Waals surface area contributed by atoms with Gasteiger partial charge in [0, 0.05) is 25.3 Å². The number of hydrogen-bond donors (Lipinski definition) is 0. The molecule has 132 valence electrons. The van der Waals surface area contributed by atoms with Crippen molar-refractivity contribution in [1.29, 1.82) is 0 Å². The van der Waals surface area contributed by atoms with Gasteiger partial charge in [-0.2, -0.15) is 0 Å². The number of rotatable bonds is 4. The summed E-state index contributed by atoms with van der Waals surface area (Å²) < 4.78 is 27.5. The van der Waals surface area contributed by atoms with Crippen LogP contribution in [0.2, 0.25) is 0 Å². The van der Waals surface area contributed by atoms with Gasteiger partial charge < -0.3 is 4.90 Å². The summed E-state index contributed by atoms with van der Waals surface area (Å²) in [6, 6.07) is 14.0. The van der Waals surface area contributed by atoms with E-state index in [2.05, 4.69) is 17.0 Å². The minimum Gasteiger partial charge on any atom is -0.372 e. The van der Waals surface area contributed by atoms with Crippen molar-refractivity contribution in [2.75, 3.05) is 28.8 Å². The van der Waals surface area contributed by atoms with E-state index in [0.29, 0.717) is 6.54 Å². The number of nitrogens with zero attached hydrogens (tertiary/aromatic N) is 2. The lowest BCUT2D eigenvalue weighted by atomic mass is 10.1. The van der Waals surface area contributed by atoms with Crippen molar-refractivity contribution < 1.29 is 8.42 Å². The van der Waals surface area contributed by atoms with E-state index in [0.717, 1.165) is 41.9 Å². The molecule has 0 spiro atoms. The maximum absolute atomic E-state index is 12.9. The van der Waals surface area contributed by atoms with Crippen LogP contribution in [0, 0.1) is 6.92 Å². The fourth-order valence-corrected chi connectivity index (χ4v) is 5.51. The average Bonchev–Trinajstić information content (AvgIpc) is 3.23. The first-order valence-corrected chi connectivity index (χ1v) is 10.6. The Labute approximate surface area is 150 Å². The average molecular weight is 356 g/mol. The van der Waals surface area contributed by atoms with Gasteiger partial charge in [-0.15, -0.1) is 0 Å². The van der Waals surface area contributed by atoms with Crippen LogP contribution in [0.3, 0.4) is 0 Å². The maximum Gasteiger partial charge on any atom is 0.239 e. The molecule has 5 heteroatoms. The standard InChI is InChI=1S/C20H24N2O2S/c1-16-5-4-6-17(13-16)15-25(23,24)22-12-9-18-14-19(7-8-20(18)22)21-10-2-3-11-21/h4-8,13-14H,2-3,9-12,15H2,1H3. The minimum absolute atomic E-state index is 0.0575. The molecule has 0 unspecified atom stereocenters. The second kappa shape index (κ2) is 6.37. The van der Waals surface area contributed by atoms with E-state index in [1.807, 2.05) is 37.3 Å². The molecule has 0 N–H and O–H groups in total. The van der Waals surface area contributed by atoms with Gasteiger partial charge in [0.05, 0.1) is 11.4 Å². The zero-order valence-electron chi connectivity index (χ0n) is 14.6. The van der Waals surface area contributed by atoms with E-state index in [-0.39, 0.29) is 5.75 Å². The molecule has 4 rings (SSSR count). The second-order valence-electron chi connectivity index (χ2n) is 7.07. The molecule has 2 aromatic carbocycles. The van der Waals surface area contributed by atoms with E-state index in [4.69, 9.17) is 0 Å². The normalized spacial score (nSPS) is 17.2. The molecule has 2 aliphatic heterocycles. The van der Waals surface area contributed by atoms with Gasteiger partial charge in [0.2, 0.25) is 10.0 Å². The van der Waals surface area contributed by atoms with Crippen LogP contribution < -0.4 is 9.21 Å². The highest BCUT2D eigenvalue weighted by atomic mass is 32.2. The summed E-state index contributed by atoms with van der Waals surface area (Å²) in [5.41, 5.74) is 5.17. The predicted molar refractivity (Wildman–Crippen MR) is 103 cm³/mol. The molecule has 2 aromatic rings. The number of benzene rings is 2. The van der Waals surface area contributed by atoms with Crippen molar-refractivity contribution in [2.45, 2.75) is 31.9 Å². The van der Waals surface area contributed by atoms with E-state index >= 15 is 0 Å². The predicted octanol–water partition coefficient (Wildman–Crippen LogP) is 3.49. The number of aryl methyl sites for hydroxylation is 1. The molecule has 0 atom stereocenters. The Morgan fingerprint density at radius 2 is 1.80 bits per heavy atom. The first kappa shape index (κ1) is 16.5. The highest BCUT2D eigenvalue weighted by molar-refractivity contribution is 7.92. The van der Waals surface area contributed by atoms with Crippen LogP contribution >= 0.6 is 0 Å². The molecule has 1 fully saturated rings. The Kier molecular flexibility index (Phi) is 4.20. The van der Waals surface area contributed by atoms with E-state index in [9.17, 15) is 8.42 Å². The Bertz CT molecular complexity index is 886. The van der Waals surface area contributed by atoms with Crippen molar-refractivity contribution >= 4 is 21.4 Å². The molecular weight excluding hydrogens is 332 g/mol. The summed E-state index contributed by atoms with van der Waals surface area (Å²) in [5.74, 6) is 0.0575. The van der Waals surface area contributed by atoms with Crippen molar-refractivity contribution in [3.63, 3.8) is 0 Å². The summed E-state index contributed by atoms with van der Waals surface area (Å²) in [7, 11) is -3.36. The lowest BCUT2D eigenvalue weighted by molar-refractivity contribution is 0.591. The van der Waals surface area contributed by atoms with Crippen LogP contribution in [0.25, 0.3) is 0 Å². The SMILES string of the molecule is Cc1cccc(CS(=O)(=O)N2CCc3cc(N4CCCC4)ccc32)c1. The van der Waals surface area contributed by atoms with Crippen LogP contribution in [0.15, 0.2) is 42.5 Å². The molecule has 4 nitrogen and oxygen atoms in total. The Hall–Kier alpha value is -2.01. The molecule has 0 aliphatic carbocycles. The van der Waals surface area contributed by atoms with Crippen molar-refractivity contribution in [2.24, 2.45) is 0 Å². The fraction of sp³-hybridized carbons (Fsp3) is 0.400. The van der Waals surface area contributed by atoms with Crippen LogP contribution in [-0.2, 0) is 22.2 Å². The molecule has 25 heavy (non-hydrogen) atoms. The fourth-order valence-electron chi connectivity index (χ4n) is 3.91. The van der Waals surface area contributed by atoms with Crippen molar-refractivity contribution in [3.8, 4) is 0 Å². The largest absolute Gasteiger partial charge is 0.372 e. The number of fused-ring (bicyclic) bond motifs is 1. The van der Waals surface area contributed by atoms with Gasteiger partial charge in [0.1, 0.15) is 0 Å². The molecule has 2 heterocycles. The quantitative estimate of drug-likeness (QED) is 0.842. The first-order valence-electron chi connectivity index (χ1n) is 8.97. The minimum atomic E-state index is -3.36.